The zero-order valence-electron chi connectivity index (χ0n) is 9.65. The van der Waals surface area contributed by atoms with Crippen LogP contribution in [0.2, 0.25) is 0 Å². The van der Waals surface area contributed by atoms with Gasteiger partial charge in [-0.1, -0.05) is 6.07 Å². The van der Waals surface area contributed by atoms with E-state index in [2.05, 4.69) is 15.7 Å². The summed E-state index contributed by atoms with van der Waals surface area (Å²) in [5.41, 5.74) is 2.69. The summed E-state index contributed by atoms with van der Waals surface area (Å²) in [4.78, 5) is 15.6. The van der Waals surface area contributed by atoms with Crippen LogP contribution in [0.3, 0.4) is 0 Å². The fourth-order valence-electron chi connectivity index (χ4n) is 1.40. The van der Waals surface area contributed by atoms with Crippen molar-refractivity contribution in [3.63, 3.8) is 0 Å². The lowest BCUT2D eigenvalue weighted by molar-refractivity contribution is 0.102. The molecule has 4 N–H and O–H groups in total. The Morgan fingerprint density at radius 2 is 2.00 bits per heavy atom. The quantitative estimate of drug-likeness (QED) is 0.584. The molecule has 1 amide bonds. The monoisotopic (exact) mass is 264 g/mol. The largest absolute Gasteiger partial charge is 0.323 e. The molecule has 2 aromatic rings. The number of carbonyl (C=O) groups is 1. The van der Waals surface area contributed by atoms with Crippen LogP contribution in [-0.4, -0.2) is 10.9 Å². The molecule has 0 saturated heterocycles. The van der Waals surface area contributed by atoms with E-state index in [9.17, 15) is 13.6 Å². The van der Waals surface area contributed by atoms with Gasteiger partial charge in [0.25, 0.3) is 5.91 Å². The third-order valence-electron chi connectivity index (χ3n) is 2.36. The minimum atomic E-state index is -1.11. The second-order valence-corrected chi connectivity index (χ2v) is 3.63. The van der Waals surface area contributed by atoms with E-state index in [-0.39, 0.29) is 11.4 Å². The molecule has 0 unspecified atom stereocenters. The van der Waals surface area contributed by atoms with Crippen molar-refractivity contribution in [2.24, 2.45) is 5.84 Å². The summed E-state index contributed by atoms with van der Waals surface area (Å²) < 4.78 is 26.3. The summed E-state index contributed by atoms with van der Waals surface area (Å²) in [6, 6.07) is 6.45. The number of nitrogens with one attached hydrogen (secondary N) is 2. The highest BCUT2D eigenvalue weighted by Gasteiger charge is 2.12. The van der Waals surface area contributed by atoms with Crippen molar-refractivity contribution in [3.05, 3.63) is 53.9 Å². The van der Waals surface area contributed by atoms with Crippen LogP contribution in [0.1, 0.15) is 10.5 Å². The van der Waals surface area contributed by atoms with E-state index >= 15 is 0 Å². The predicted molar refractivity (Wildman–Crippen MR) is 66.4 cm³/mol. The average molecular weight is 264 g/mol. The van der Waals surface area contributed by atoms with Crippen molar-refractivity contribution in [1.29, 1.82) is 0 Å². The van der Waals surface area contributed by atoms with Gasteiger partial charge in [0.05, 0.1) is 17.6 Å². The Morgan fingerprint density at radius 1 is 1.21 bits per heavy atom. The van der Waals surface area contributed by atoms with Gasteiger partial charge >= 0.3 is 0 Å². The van der Waals surface area contributed by atoms with Gasteiger partial charge in [-0.05, 0) is 24.3 Å². The molecule has 0 saturated carbocycles. The molecule has 0 aliphatic heterocycles. The Morgan fingerprint density at radius 3 is 2.63 bits per heavy atom. The number of amides is 1. The first-order valence-electron chi connectivity index (χ1n) is 5.30. The number of rotatable bonds is 3. The molecule has 19 heavy (non-hydrogen) atoms. The normalized spacial score (nSPS) is 10.1. The molecule has 5 nitrogen and oxygen atoms in total. The first kappa shape index (κ1) is 12.9. The van der Waals surface area contributed by atoms with E-state index in [1.165, 1.54) is 30.5 Å². The highest BCUT2D eigenvalue weighted by molar-refractivity contribution is 6.03. The molecule has 0 atom stereocenters. The van der Waals surface area contributed by atoms with Crippen molar-refractivity contribution >= 4 is 17.3 Å². The van der Waals surface area contributed by atoms with Crippen molar-refractivity contribution < 1.29 is 13.6 Å². The molecule has 98 valence electrons. The number of nitrogens with two attached hydrogens (primary N) is 1. The number of hydrogen-bond acceptors (Lipinski definition) is 4. The number of nitrogens with zero attached hydrogens (tertiary/aromatic N) is 1. The molecule has 0 aliphatic rings. The molecule has 0 bridgehead atoms. The lowest BCUT2D eigenvalue weighted by atomic mass is 10.2. The standard InChI is InChI=1S/C12H10F2N4O/c13-8-2-1-3-9(11(8)14)17-12(19)10-5-4-7(18-15)6-16-10/h1-6,18H,15H2,(H,17,19). The third-order valence-corrected chi connectivity index (χ3v) is 2.36. The average Bonchev–Trinajstić information content (AvgIpc) is 2.44. The summed E-state index contributed by atoms with van der Waals surface area (Å²) in [7, 11) is 0. The fraction of sp³-hybridized carbons (Fsp3) is 0. The van der Waals surface area contributed by atoms with Crippen LogP contribution in [0, 0.1) is 11.6 Å². The Balaban J connectivity index is 2.18. The van der Waals surface area contributed by atoms with Gasteiger partial charge in [-0.2, -0.15) is 0 Å². The maximum absolute atomic E-state index is 13.4. The number of carbonyl (C=O) groups excluding carboxylic acids is 1. The molecule has 0 aliphatic carbocycles. The Labute approximate surface area is 107 Å². The summed E-state index contributed by atoms with van der Waals surface area (Å²) in [5.74, 6) is 2.36. The number of aromatic nitrogens is 1. The van der Waals surface area contributed by atoms with E-state index in [0.29, 0.717) is 5.69 Å². The van der Waals surface area contributed by atoms with Gasteiger partial charge in [-0.15, -0.1) is 0 Å². The highest BCUT2D eigenvalue weighted by atomic mass is 19.2. The van der Waals surface area contributed by atoms with Crippen molar-refractivity contribution in [1.82, 2.24) is 4.98 Å². The van der Waals surface area contributed by atoms with E-state index in [1.54, 1.807) is 0 Å². The minimum Gasteiger partial charge on any atom is -0.323 e. The Hall–Kier alpha value is -2.54. The smallest absolute Gasteiger partial charge is 0.274 e. The molecule has 7 heteroatoms. The first-order chi connectivity index (χ1) is 9.11. The highest BCUT2D eigenvalue weighted by Crippen LogP contribution is 2.17. The number of benzene rings is 1. The van der Waals surface area contributed by atoms with Crippen LogP contribution in [-0.2, 0) is 0 Å². The predicted octanol–water partition coefficient (Wildman–Crippen LogP) is 1.90. The number of hydrazine groups is 1. The molecule has 2 rings (SSSR count). The zero-order valence-corrected chi connectivity index (χ0v) is 9.65. The van der Waals surface area contributed by atoms with E-state index in [0.717, 1.165) is 6.07 Å². The number of anilines is 2. The van der Waals surface area contributed by atoms with E-state index in [4.69, 9.17) is 5.84 Å². The lowest BCUT2D eigenvalue weighted by Crippen LogP contribution is -2.15. The van der Waals surface area contributed by atoms with Gasteiger partial charge in [-0.25, -0.2) is 13.8 Å². The van der Waals surface area contributed by atoms with Gasteiger partial charge < -0.3 is 10.7 Å². The summed E-state index contributed by atoms with van der Waals surface area (Å²) >= 11 is 0. The Kier molecular flexibility index (Phi) is 3.67. The van der Waals surface area contributed by atoms with Crippen LogP contribution in [0.15, 0.2) is 36.5 Å². The van der Waals surface area contributed by atoms with Gasteiger partial charge in [0.2, 0.25) is 0 Å². The Bertz CT molecular complexity index is 601. The van der Waals surface area contributed by atoms with Crippen LogP contribution in [0.25, 0.3) is 0 Å². The molecule has 1 aromatic heterocycles. The number of hydrogen-bond donors (Lipinski definition) is 3. The zero-order chi connectivity index (χ0) is 13.8. The topological polar surface area (TPSA) is 80.0 Å². The molecule has 1 aromatic carbocycles. The fourth-order valence-corrected chi connectivity index (χ4v) is 1.40. The summed E-state index contributed by atoms with van der Waals surface area (Å²) in [5, 5.41) is 2.24. The molecule has 0 radical (unpaired) electrons. The van der Waals surface area contributed by atoms with Gasteiger partial charge in [0.15, 0.2) is 11.6 Å². The van der Waals surface area contributed by atoms with Crippen molar-refractivity contribution in [2.45, 2.75) is 0 Å². The van der Waals surface area contributed by atoms with Crippen LogP contribution < -0.4 is 16.6 Å². The maximum Gasteiger partial charge on any atom is 0.274 e. The molecular formula is C12H10F2N4O. The number of pyridine rings is 1. The van der Waals surface area contributed by atoms with Gasteiger partial charge in [0.1, 0.15) is 5.69 Å². The summed E-state index contributed by atoms with van der Waals surface area (Å²) in [6.07, 6.45) is 1.34. The van der Waals surface area contributed by atoms with E-state index in [1.807, 2.05) is 0 Å². The summed E-state index contributed by atoms with van der Waals surface area (Å²) in [6.45, 7) is 0. The molecule has 0 spiro atoms. The second-order valence-electron chi connectivity index (χ2n) is 3.63. The van der Waals surface area contributed by atoms with Gasteiger partial charge in [-0.3, -0.25) is 10.6 Å². The molecule has 1 heterocycles. The lowest BCUT2D eigenvalue weighted by Gasteiger charge is -2.06. The van der Waals surface area contributed by atoms with Crippen LogP contribution >= 0.6 is 0 Å². The SMILES string of the molecule is NNc1ccc(C(=O)Nc2cccc(F)c2F)nc1. The number of halogens is 2. The van der Waals surface area contributed by atoms with Crippen LogP contribution in [0.4, 0.5) is 20.2 Å². The first-order valence-corrected chi connectivity index (χ1v) is 5.30. The maximum atomic E-state index is 13.4. The van der Waals surface area contributed by atoms with Gasteiger partial charge in [0, 0.05) is 0 Å². The third kappa shape index (κ3) is 2.83. The van der Waals surface area contributed by atoms with Crippen molar-refractivity contribution in [3.8, 4) is 0 Å². The number of nitrogen functional groups attached to an aromatic ring is 1. The minimum absolute atomic E-state index is 0.0580. The molecular weight excluding hydrogens is 254 g/mol. The van der Waals surface area contributed by atoms with E-state index < -0.39 is 17.5 Å². The second kappa shape index (κ2) is 5.40. The molecule has 0 fully saturated rings. The van der Waals surface area contributed by atoms with Crippen LogP contribution in [0.5, 0.6) is 0 Å². The van der Waals surface area contributed by atoms with Crippen molar-refractivity contribution in [2.75, 3.05) is 10.7 Å².